The maximum Gasteiger partial charge on any atom is 0.316 e. The van der Waals surface area contributed by atoms with Gasteiger partial charge in [0.1, 0.15) is 5.75 Å². The van der Waals surface area contributed by atoms with Gasteiger partial charge in [-0.3, -0.25) is 9.59 Å². The van der Waals surface area contributed by atoms with Crippen molar-refractivity contribution in [3.05, 3.63) is 57.4 Å². The van der Waals surface area contributed by atoms with E-state index in [9.17, 15) is 9.59 Å². The van der Waals surface area contributed by atoms with Crippen LogP contribution < -0.4 is 21.6 Å². The van der Waals surface area contributed by atoms with E-state index in [1.165, 1.54) is 9.13 Å². The van der Waals surface area contributed by atoms with Gasteiger partial charge in [-0.05, 0) is 18.6 Å². The number of anilines is 1. The number of aryl methyl sites for hydroxylation is 2. The Balaban J connectivity index is 1.91. The van der Waals surface area contributed by atoms with Crippen molar-refractivity contribution in [3.8, 4) is 5.75 Å². The highest BCUT2D eigenvalue weighted by Crippen LogP contribution is 2.19. The Morgan fingerprint density at radius 3 is 2.65 bits per heavy atom. The number of nitrogens with two attached hydrogens (primary N) is 1. The molecule has 1 aromatic carbocycles. The Morgan fingerprint density at radius 1 is 1.15 bits per heavy atom. The molecular weight excluding hydrogens is 258 g/mol. The van der Waals surface area contributed by atoms with Crippen LogP contribution in [0.15, 0.2) is 46.2 Å². The summed E-state index contributed by atoms with van der Waals surface area (Å²) in [7, 11) is 1.55. The average molecular weight is 275 g/mol. The molecule has 106 valence electrons. The van der Waals surface area contributed by atoms with Crippen LogP contribution in [0.4, 0.5) is 5.69 Å². The number of hydrogen-bond donors (Lipinski definition) is 1. The predicted molar refractivity (Wildman–Crippen MR) is 76.9 cm³/mol. The van der Waals surface area contributed by atoms with Crippen LogP contribution in [0.5, 0.6) is 5.75 Å². The van der Waals surface area contributed by atoms with Crippen molar-refractivity contribution in [2.45, 2.75) is 13.0 Å². The van der Waals surface area contributed by atoms with Gasteiger partial charge in [-0.2, -0.15) is 0 Å². The molecule has 0 aliphatic rings. The largest absolute Gasteiger partial charge is 0.491 e. The minimum atomic E-state index is -0.527. The van der Waals surface area contributed by atoms with Gasteiger partial charge in [-0.1, -0.05) is 12.1 Å². The van der Waals surface area contributed by atoms with E-state index >= 15 is 0 Å². The van der Waals surface area contributed by atoms with E-state index in [1.807, 2.05) is 12.1 Å². The Kier molecular flexibility index (Phi) is 4.24. The number of rotatable bonds is 5. The van der Waals surface area contributed by atoms with Crippen LogP contribution in [-0.2, 0) is 13.6 Å². The number of nitrogens with zero attached hydrogens (tertiary/aromatic N) is 2. The number of hydrogen-bond acceptors (Lipinski definition) is 4. The lowest BCUT2D eigenvalue weighted by atomic mass is 10.3. The molecule has 0 spiro atoms. The number of aromatic nitrogens is 2. The van der Waals surface area contributed by atoms with Crippen molar-refractivity contribution < 1.29 is 4.74 Å². The van der Waals surface area contributed by atoms with Crippen molar-refractivity contribution in [1.29, 1.82) is 0 Å². The van der Waals surface area contributed by atoms with Crippen molar-refractivity contribution in [2.75, 3.05) is 12.3 Å². The molecule has 1 heterocycles. The highest BCUT2D eigenvalue weighted by molar-refractivity contribution is 5.51. The summed E-state index contributed by atoms with van der Waals surface area (Å²) in [5.74, 6) is 0.629. The fourth-order valence-corrected chi connectivity index (χ4v) is 1.79. The van der Waals surface area contributed by atoms with Gasteiger partial charge in [0.25, 0.3) is 0 Å². The lowest BCUT2D eigenvalue weighted by Gasteiger charge is -2.09. The van der Waals surface area contributed by atoms with E-state index in [-0.39, 0.29) is 0 Å². The van der Waals surface area contributed by atoms with E-state index in [4.69, 9.17) is 10.5 Å². The first-order valence-corrected chi connectivity index (χ1v) is 6.33. The Bertz CT molecular complexity index is 703. The zero-order valence-electron chi connectivity index (χ0n) is 11.3. The number of nitrogen functional groups attached to an aromatic ring is 1. The van der Waals surface area contributed by atoms with Gasteiger partial charge in [-0.25, -0.2) is 0 Å². The van der Waals surface area contributed by atoms with Gasteiger partial charge >= 0.3 is 11.1 Å². The Morgan fingerprint density at radius 2 is 1.90 bits per heavy atom. The van der Waals surface area contributed by atoms with Gasteiger partial charge in [0.15, 0.2) is 0 Å². The molecule has 0 saturated heterocycles. The maximum absolute atomic E-state index is 11.7. The maximum atomic E-state index is 11.7. The van der Waals surface area contributed by atoms with E-state index in [0.717, 1.165) is 0 Å². The van der Waals surface area contributed by atoms with Gasteiger partial charge in [-0.15, -0.1) is 0 Å². The summed E-state index contributed by atoms with van der Waals surface area (Å²) in [6, 6.07) is 7.24. The molecule has 2 N–H and O–H groups in total. The number of para-hydroxylation sites is 2. The fourth-order valence-electron chi connectivity index (χ4n) is 1.79. The molecule has 0 bridgehead atoms. The van der Waals surface area contributed by atoms with Crippen molar-refractivity contribution in [2.24, 2.45) is 7.05 Å². The van der Waals surface area contributed by atoms with Crippen molar-refractivity contribution in [3.63, 3.8) is 0 Å². The lowest BCUT2D eigenvalue weighted by Crippen LogP contribution is -2.39. The molecule has 0 aliphatic heterocycles. The second kappa shape index (κ2) is 6.10. The first-order valence-electron chi connectivity index (χ1n) is 6.33. The fraction of sp³-hybridized carbons (Fsp3) is 0.286. The molecule has 20 heavy (non-hydrogen) atoms. The second-order valence-corrected chi connectivity index (χ2v) is 4.45. The van der Waals surface area contributed by atoms with Gasteiger partial charge < -0.3 is 19.6 Å². The van der Waals surface area contributed by atoms with Crippen LogP contribution in [0.25, 0.3) is 0 Å². The molecule has 0 unspecified atom stereocenters. The molecule has 6 heteroatoms. The summed E-state index contributed by atoms with van der Waals surface area (Å²) in [5, 5.41) is 0. The van der Waals surface area contributed by atoms with Crippen LogP contribution in [0.2, 0.25) is 0 Å². The van der Waals surface area contributed by atoms with E-state index < -0.39 is 11.1 Å². The van der Waals surface area contributed by atoms with Crippen LogP contribution in [0, 0.1) is 0 Å². The molecule has 0 saturated carbocycles. The third-order valence-corrected chi connectivity index (χ3v) is 2.95. The zero-order valence-corrected chi connectivity index (χ0v) is 11.3. The lowest BCUT2D eigenvalue weighted by molar-refractivity contribution is 0.302. The molecule has 0 radical (unpaired) electrons. The molecule has 0 amide bonds. The summed E-state index contributed by atoms with van der Waals surface area (Å²) in [5.41, 5.74) is 5.29. The molecule has 0 fully saturated rings. The topological polar surface area (TPSA) is 79.2 Å². The molecule has 2 rings (SSSR count). The normalized spacial score (nSPS) is 10.4. The number of ether oxygens (including phenoxy) is 1. The molecule has 6 nitrogen and oxygen atoms in total. The van der Waals surface area contributed by atoms with Crippen molar-refractivity contribution in [1.82, 2.24) is 9.13 Å². The SMILES string of the molecule is Cn1ccn(CCCOc2ccccc2N)c(=O)c1=O. The predicted octanol–water partition coefficient (Wildman–Crippen LogP) is 0.598. The minimum Gasteiger partial charge on any atom is -0.491 e. The highest BCUT2D eigenvalue weighted by atomic mass is 16.5. The Labute approximate surface area is 116 Å². The minimum absolute atomic E-state index is 0.426. The van der Waals surface area contributed by atoms with Crippen LogP contribution in [0.3, 0.4) is 0 Å². The average Bonchev–Trinajstić information content (AvgIpc) is 2.45. The number of benzene rings is 1. The summed E-state index contributed by atoms with van der Waals surface area (Å²) < 4.78 is 8.18. The van der Waals surface area contributed by atoms with E-state index in [1.54, 1.807) is 31.6 Å². The first kappa shape index (κ1) is 13.9. The van der Waals surface area contributed by atoms with Gasteiger partial charge in [0.05, 0.1) is 12.3 Å². The monoisotopic (exact) mass is 275 g/mol. The first-order chi connectivity index (χ1) is 9.59. The molecule has 0 atom stereocenters. The third kappa shape index (κ3) is 3.09. The standard InChI is InChI=1S/C14H17N3O3/c1-16-8-9-17(14(19)13(16)18)7-4-10-20-12-6-3-2-5-11(12)15/h2-3,5-6,8-9H,4,7,10,15H2,1H3. The summed E-state index contributed by atoms with van der Waals surface area (Å²) in [4.78, 5) is 23.1. The molecule has 0 aliphatic carbocycles. The molecule has 1 aromatic heterocycles. The van der Waals surface area contributed by atoms with Crippen molar-refractivity contribution >= 4 is 5.69 Å². The summed E-state index contributed by atoms with van der Waals surface area (Å²) >= 11 is 0. The van der Waals surface area contributed by atoms with Crippen LogP contribution >= 0.6 is 0 Å². The van der Waals surface area contributed by atoms with Gasteiger partial charge in [0.2, 0.25) is 0 Å². The third-order valence-electron chi connectivity index (χ3n) is 2.95. The second-order valence-electron chi connectivity index (χ2n) is 4.45. The van der Waals surface area contributed by atoms with E-state index in [0.29, 0.717) is 31.0 Å². The van der Waals surface area contributed by atoms with Gasteiger partial charge in [0, 0.05) is 26.0 Å². The highest BCUT2D eigenvalue weighted by Gasteiger charge is 2.03. The summed E-state index contributed by atoms with van der Waals surface area (Å²) in [6.07, 6.45) is 3.78. The zero-order chi connectivity index (χ0) is 14.5. The quantitative estimate of drug-likeness (QED) is 0.492. The molecular formula is C14H17N3O3. The van der Waals surface area contributed by atoms with E-state index in [2.05, 4.69) is 0 Å². The Hall–Kier alpha value is -2.50. The van der Waals surface area contributed by atoms with Crippen LogP contribution in [0.1, 0.15) is 6.42 Å². The summed E-state index contributed by atoms with van der Waals surface area (Å²) in [6.45, 7) is 0.859. The molecule has 2 aromatic rings. The van der Waals surface area contributed by atoms with Crippen LogP contribution in [-0.4, -0.2) is 15.7 Å². The smallest absolute Gasteiger partial charge is 0.316 e.